The third-order valence-electron chi connectivity index (χ3n) is 1.42. The van der Waals surface area contributed by atoms with Gasteiger partial charge < -0.3 is 0 Å². The van der Waals surface area contributed by atoms with Gasteiger partial charge in [-0.25, -0.2) is 5.43 Å². The highest BCUT2D eigenvalue weighted by molar-refractivity contribution is 5.42. The molecule has 0 radical (unpaired) electrons. The van der Waals surface area contributed by atoms with Crippen LogP contribution >= 0.6 is 0 Å². The summed E-state index contributed by atoms with van der Waals surface area (Å²) in [5.41, 5.74) is 2.40. The molecule has 0 spiro atoms. The number of hydrogen-bond acceptors (Lipinski definition) is 1. The second-order valence-electron chi connectivity index (χ2n) is 2.25. The molecule has 1 aromatic rings. The molecule has 0 saturated heterocycles. The first kappa shape index (κ1) is 8.86. The quantitative estimate of drug-likeness (QED) is 0.623. The fourth-order valence-electron chi connectivity index (χ4n) is 0.777. The number of hydrogen-bond donors (Lipinski definition) is 2. The summed E-state index contributed by atoms with van der Waals surface area (Å²) in [5.74, 6) is 3.32. The summed E-state index contributed by atoms with van der Waals surface area (Å²) >= 11 is 0. The van der Waals surface area contributed by atoms with E-state index in [0.717, 1.165) is 12.1 Å². The fourth-order valence-corrected chi connectivity index (χ4v) is 0.777. The summed E-state index contributed by atoms with van der Waals surface area (Å²) in [7, 11) is 0. The highest BCUT2D eigenvalue weighted by Gasteiger charge is 2.29. The van der Waals surface area contributed by atoms with E-state index in [1.807, 2.05) is 0 Å². The molecule has 0 aliphatic rings. The molecular weight excluding hydrogens is 169 g/mol. The molecule has 66 valence electrons. The van der Waals surface area contributed by atoms with Crippen LogP contribution in [0, 0.1) is 0 Å². The van der Waals surface area contributed by atoms with Gasteiger partial charge in [-0.3, -0.25) is 5.84 Å². The zero-order chi connectivity index (χ0) is 9.19. The molecule has 0 unspecified atom stereocenters. The number of alkyl halides is 3. The highest BCUT2D eigenvalue weighted by atomic mass is 19.4. The Morgan fingerprint density at radius 1 is 1.08 bits per heavy atom. The normalized spacial score (nSPS) is 11.3. The van der Waals surface area contributed by atoms with E-state index in [9.17, 15) is 13.2 Å². The van der Waals surface area contributed by atoms with Gasteiger partial charge in [0.15, 0.2) is 0 Å². The first-order valence-electron chi connectivity index (χ1n) is 3.24. The number of nitrogens with one attached hydrogen (secondary N) is 1. The van der Waals surface area contributed by atoms with Gasteiger partial charge in [-0.15, -0.1) is 0 Å². The third-order valence-corrected chi connectivity index (χ3v) is 1.42. The molecule has 0 atom stereocenters. The van der Waals surface area contributed by atoms with Gasteiger partial charge in [0.25, 0.3) is 0 Å². The Bertz CT molecular complexity index is 252. The molecule has 0 heterocycles. The molecule has 0 aliphatic carbocycles. The lowest BCUT2D eigenvalue weighted by molar-refractivity contribution is -0.325. The molecule has 0 fully saturated rings. The fraction of sp³-hybridized carbons (Fsp3) is 0.143. The first-order chi connectivity index (χ1) is 5.54. The number of rotatable bonds is 1. The van der Waals surface area contributed by atoms with Crippen LogP contribution in [0.2, 0.25) is 0 Å². The van der Waals surface area contributed by atoms with Crippen molar-refractivity contribution < 1.29 is 19.0 Å². The minimum atomic E-state index is -4.26. The van der Waals surface area contributed by atoms with Gasteiger partial charge >= 0.3 is 6.18 Å². The lowest BCUT2D eigenvalue weighted by Gasteiger charge is -2.05. The second kappa shape index (κ2) is 3.02. The Labute approximate surface area is 67.2 Å². The van der Waals surface area contributed by atoms with Gasteiger partial charge in [0, 0.05) is 0 Å². The SMILES string of the molecule is [NH3+]Nc1ccc(C(F)(F)F)cc1. The van der Waals surface area contributed by atoms with Crippen LogP contribution in [0.3, 0.4) is 0 Å². The van der Waals surface area contributed by atoms with E-state index in [2.05, 4.69) is 11.3 Å². The van der Waals surface area contributed by atoms with Crippen molar-refractivity contribution in [2.75, 3.05) is 5.43 Å². The topological polar surface area (TPSA) is 39.7 Å². The standard InChI is InChI=1S/C7H7F3N2/c8-7(9,10)5-1-3-6(12-11)4-2-5/h1-4,12H,11H2/p+1. The summed E-state index contributed by atoms with van der Waals surface area (Å²) in [6, 6.07) is 4.67. The summed E-state index contributed by atoms with van der Waals surface area (Å²) < 4.78 is 36.0. The summed E-state index contributed by atoms with van der Waals surface area (Å²) in [5, 5.41) is 0. The zero-order valence-corrected chi connectivity index (χ0v) is 6.15. The van der Waals surface area contributed by atoms with Crippen molar-refractivity contribution in [2.24, 2.45) is 0 Å². The Balaban J connectivity index is 2.93. The van der Waals surface area contributed by atoms with E-state index in [1.54, 1.807) is 0 Å². The number of benzene rings is 1. The number of quaternary nitrogens is 1. The molecule has 4 N–H and O–H groups in total. The van der Waals surface area contributed by atoms with E-state index < -0.39 is 11.7 Å². The van der Waals surface area contributed by atoms with E-state index >= 15 is 0 Å². The second-order valence-corrected chi connectivity index (χ2v) is 2.25. The van der Waals surface area contributed by atoms with Gasteiger partial charge in [0.1, 0.15) is 0 Å². The smallest absolute Gasteiger partial charge is 0.258 e. The Morgan fingerprint density at radius 2 is 1.58 bits per heavy atom. The van der Waals surface area contributed by atoms with Crippen LogP contribution in [0.25, 0.3) is 0 Å². The van der Waals surface area contributed by atoms with Crippen LogP contribution in [-0.4, -0.2) is 0 Å². The molecule has 0 aromatic heterocycles. The minimum Gasteiger partial charge on any atom is -0.258 e. The van der Waals surface area contributed by atoms with Crippen LogP contribution < -0.4 is 11.3 Å². The molecule has 0 aliphatic heterocycles. The lowest BCUT2D eigenvalue weighted by Crippen LogP contribution is -2.56. The molecule has 2 nitrogen and oxygen atoms in total. The average Bonchev–Trinajstić information content (AvgIpc) is 2.03. The van der Waals surface area contributed by atoms with Gasteiger partial charge in [0.2, 0.25) is 0 Å². The van der Waals surface area contributed by atoms with E-state index in [-0.39, 0.29) is 0 Å². The first-order valence-corrected chi connectivity index (χ1v) is 3.24. The van der Waals surface area contributed by atoms with Crippen LogP contribution in [-0.2, 0) is 6.18 Å². The molecule has 0 amide bonds. The lowest BCUT2D eigenvalue weighted by atomic mass is 10.2. The molecule has 5 heteroatoms. The van der Waals surface area contributed by atoms with Gasteiger partial charge in [-0.2, -0.15) is 13.2 Å². The molecular formula is C7H8F3N2+. The largest absolute Gasteiger partial charge is 0.416 e. The Hall–Kier alpha value is -1.23. The van der Waals surface area contributed by atoms with Crippen LogP contribution in [0.1, 0.15) is 5.56 Å². The summed E-state index contributed by atoms with van der Waals surface area (Å²) in [6.45, 7) is 0. The predicted octanol–water partition coefficient (Wildman–Crippen LogP) is 1.27. The van der Waals surface area contributed by atoms with Crippen molar-refractivity contribution in [1.29, 1.82) is 0 Å². The van der Waals surface area contributed by atoms with Crippen LogP contribution in [0.4, 0.5) is 18.9 Å². The minimum absolute atomic E-state index is 0.558. The molecule has 1 aromatic carbocycles. The zero-order valence-electron chi connectivity index (χ0n) is 6.15. The van der Waals surface area contributed by atoms with Gasteiger partial charge in [-0.05, 0) is 24.3 Å². The van der Waals surface area contributed by atoms with E-state index in [1.165, 1.54) is 12.1 Å². The molecule has 12 heavy (non-hydrogen) atoms. The number of anilines is 1. The maximum absolute atomic E-state index is 12.0. The van der Waals surface area contributed by atoms with Gasteiger partial charge in [-0.1, -0.05) is 0 Å². The average molecular weight is 177 g/mol. The monoisotopic (exact) mass is 177 g/mol. The summed E-state index contributed by atoms with van der Waals surface area (Å²) in [4.78, 5) is 0. The maximum atomic E-state index is 12.0. The molecule has 0 saturated carbocycles. The summed E-state index contributed by atoms with van der Waals surface area (Å²) in [6.07, 6.45) is -4.26. The van der Waals surface area contributed by atoms with E-state index in [0.29, 0.717) is 5.69 Å². The Kier molecular flexibility index (Phi) is 2.23. The van der Waals surface area contributed by atoms with Crippen molar-refractivity contribution in [3.8, 4) is 0 Å². The van der Waals surface area contributed by atoms with Crippen molar-refractivity contribution in [3.63, 3.8) is 0 Å². The van der Waals surface area contributed by atoms with Crippen LogP contribution in [0.15, 0.2) is 24.3 Å². The van der Waals surface area contributed by atoms with Crippen molar-refractivity contribution in [1.82, 2.24) is 0 Å². The molecule has 1 rings (SSSR count). The maximum Gasteiger partial charge on any atom is 0.416 e. The van der Waals surface area contributed by atoms with E-state index in [4.69, 9.17) is 0 Å². The predicted molar refractivity (Wildman–Crippen MR) is 38.0 cm³/mol. The number of halogens is 3. The Morgan fingerprint density at radius 3 is 1.92 bits per heavy atom. The van der Waals surface area contributed by atoms with Crippen LogP contribution in [0.5, 0.6) is 0 Å². The molecule has 0 bridgehead atoms. The highest BCUT2D eigenvalue weighted by Crippen LogP contribution is 2.29. The van der Waals surface area contributed by atoms with Crippen molar-refractivity contribution in [3.05, 3.63) is 29.8 Å². The van der Waals surface area contributed by atoms with Crippen molar-refractivity contribution >= 4 is 5.69 Å². The third kappa shape index (κ3) is 1.88. The van der Waals surface area contributed by atoms with Crippen molar-refractivity contribution in [2.45, 2.75) is 6.18 Å². The van der Waals surface area contributed by atoms with Gasteiger partial charge in [0.05, 0.1) is 11.3 Å².